The summed E-state index contributed by atoms with van der Waals surface area (Å²) < 4.78 is 1.11. The van der Waals surface area contributed by atoms with Gasteiger partial charge >= 0.3 is 17.1 Å². The van der Waals surface area contributed by atoms with Gasteiger partial charge < -0.3 is 21.5 Å². The smallest absolute Gasteiger partial charge is 1.00 e. The van der Waals surface area contributed by atoms with Gasteiger partial charge in [-0.15, -0.1) is 0 Å². The molecule has 2 aliphatic rings. The zero-order valence-electron chi connectivity index (χ0n) is 17.7. The average molecular weight is 478 g/mol. The van der Waals surface area contributed by atoms with Crippen molar-refractivity contribution in [2.75, 3.05) is 27.7 Å². The van der Waals surface area contributed by atoms with Gasteiger partial charge in [0.2, 0.25) is 0 Å². The van der Waals surface area contributed by atoms with E-state index in [1.807, 2.05) is 32.1 Å². The fraction of sp³-hybridized carbons (Fsp3) is 0.583. The molecule has 1 nitrogen and oxygen atoms in total. The monoisotopic (exact) mass is 477 g/mol. The molecule has 2 aliphatic carbocycles. The summed E-state index contributed by atoms with van der Waals surface area (Å²) >= 11 is 0. The molecule has 0 unspecified atom stereocenters. The third kappa shape index (κ3) is 21.5. The van der Waals surface area contributed by atoms with Crippen LogP contribution in [0.15, 0.2) is 0 Å². The van der Waals surface area contributed by atoms with E-state index in [0.29, 0.717) is 0 Å². The van der Waals surface area contributed by atoms with Crippen LogP contribution in [0.2, 0.25) is 0 Å². The van der Waals surface area contributed by atoms with Gasteiger partial charge in [-0.1, -0.05) is 44.9 Å². The minimum Gasteiger partial charge on any atom is -1.00 e. The Labute approximate surface area is 193 Å². The molecule has 154 valence electrons. The summed E-state index contributed by atoms with van der Waals surface area (Å²) in [5.74, 6) is 1.52. The van der Waals surface area contributed by atoms with Crippen molar-refractivity contribution in [3.8, 4) is 0 Å². The van der Waals surface area contributed by atoms with E-state index in [1.165, 1.54) is 76.7 Å². The second-order valence-electron chi connectivity index (χ2n) is 8.20. The van der Waals surface area contributed by atoms with Crippen LogP contribution < -0.4 is 17.0 Å². The van der Waals surface area contributed by atoms with Gasteiger partial charge in [0.05, 0.1) is 27.7 Å². The zero-order chi connectivity index (χ0) is 18.2. The molecule has 0 aromatic rings. The molecule has 0 N–H and O–H groups in total. The quantitative estimate of drug-likeness (QED) is 0.230. The van der Waals surface area contributed by atoms with Crippen LogP contribution in [0.25, 0.3) is 0 Å². The number of unbranched alkanes of at least 4 members (excludes halogenated alkanes) is 8. The van der Waals surface area contributed by atoms with E-state index in [0.717, 1.165) is 4.48 Å². The second-order valence-corrected chi connectivity index (χ2v) is 8.20. The van der Waals surface area contributed by atoms with Crippen molar-refractivity contribution in [3.63, 3.8) is 0 Å². The fourth-order valence-electron chi connectivity index (χ4n) is 3.05. The fourth-order valence-corrected chi connectivity index (χ4v) is 3.05. The molecule has 0 amide bonds. The molecule has 0 aromatic carbocycles. The number of hydrogen-bond donors (Lipinski definition) is 0. The van der Waals surface area contributed by atoms with E-state index in [1.54, 1.807) is 0 Å². The van der Waals surface area contributed by atoms with Gasteiger partial charge in [-0.2, -0.15) is 0 Å². The van der Waals surface area contributed by atoms with Crippen LogP contribution in [0.3, 0.4) is 0 Å². The van der Waals surface area contributed by atoms with Gasteiger partial charge in [0, 0.05) is 0 Å². The molecule has 2 fully saturated rings. The third-order valence-corrected chi connectivity index (χ3v) is 4.58. The van der Waals surface area contributed by atoms with Crippen molar-refractivity contribution in [2.24, 2.45) is 0 Å². The Kier molecular flexibility index (Phi) is 22.6. The summed E-state index contributed by atoms with van der Waals surface area (Å²) in [4.78, 5) is 0. The van der Waals surface area contributed by atoms with Gasteiger partial charge in [0.1, 0.15) is 0 Å². The van der Waals surface area contributed by atoms with E-state index >= 15 is 0 Å². The van der Waals surface area contributed by atoms with Crippen molar-refractivity contribution in [1.29, 1.82) is 0 Å². The molecule has 0 atom stereocenters. The molecule has 3 heteroatoms. The Balaban J connectivity index is 0. The molecule has 10 radical (unpaired) electrons. The predicted molar refractivity (Wildman–Crippen MR) is 111 cm³/mol. The Bertz CT molecular complexity index is 273. The summed E-state index contributed by atoms with van der Waals surface area (Å²) in [5, 5.41) is 0. The van der Waals surface area contributed by atoms with E-state index in [9.17, 15) is 0 Å². The average Bonchev–Trinajstić information content (AvgIpc) is 3.27. The molecular formula is C24H40BrFeN+2. The SMILES string of the molecule is C[N+](C)(C)CCCCCCCCCCC[C]1[CH][CH][CH][CH]1.[Br-].[CH]1[CH][CH][CH][CH]1.[Fe+2]. The van der Waals surface area contributed by atoms with Crippen molar-refractivity contribution < 1.29 is 38.5 Å². The Morgan fingerprint density at radius 1 is 0.556 bits per heavy atom. The normalized spacial score (nSPS) is 17.0. The van der Waals surface area contributed by atoms with Crippen LogP contribution in [-0.4, -0.2) is 32.2 Å². The van der Waals surface area contributed by atoms with Crippen molar-refractivity contribution in [3.05, 3.63) is 63.7 Å². The molecule has 2 saturated carbocycles. The molecule has 0 aromatic heterocycles. The summed E-state index contributed by atoms with van der Waals surface area (Å²) in [6.07, 6.45) is 32.9. The summed E-state index contributed by atoms with van der Waals surface area (Å²) in [6, 6.07) is 0. The first-order valence-electron chi connectivity index (χ1n) is 10.3. The van der Waals surface area contributed by atoms with Crippen LogP contribution in [-0.2, 0) is 17.1 Å². The number of hydrogen-bond acceptors (Lipinski definition) is 0. The zero-order valence-corrected chi connectivity index (χ0v) is 20.3. The van der Waals surface area contributed by atoms with Crippen LogP contribution in [0, 0.1) is 63.7 Å². The maximum Gasteiger partial charge on any atom is 2.00 e. The van der Waals surface area contributed by atoms with Crippen LogP contribution in [0.4, 0.5) is 0 Å². The molecule has 2 rings (SSSR count). The molecule has 0 aliphatic heterocycles. The minimum absolute atomic E-state index is 0. The summed E-state index contributed by atoms with van der Waals surface area (Å²) in [7, 11) is 6.86. The molecule has 0 bridgehead atoms. The van der Waals surface area contributed by atoms with Crippen molar-refractivity contribution in [1.82, 2.24) is 0 Å². The van der Waals surface area contributed by atoms with Crippen molar-refractivity contribution >= 4 is 0 Å². The van der Waals surface area contributed by atoms with Gasteiger partial charge in [0.25, 0.3) is 0 Å². The number of nitrogens with zero attached hydrogens (tertiary/aromatic N) is 1. The first-order chi connectivity index (χ1) is 12.1. The maximum absolute atomic E-state index is 2.29. The predicted octanol–water partition coefficient (Wildman–Crippen LogP) is 3.02. The van der Waals surface area contributed by atoms with Gasteiger partial charge in [-0.25, -0.2) is 0 Å². The van der Waals surface area contributed by atoms with E-state index in [4.69, 9.17) is 0 Å². The first kappa shape index (κ1) is 30.2. The minimum atomic E-state index is 0. The number of quaternary nitrogens is 1. The molecule has 0 heterocycles. The van der Waals surface area contributed by atoms with E-state index in [-0.39, 0.29) is 34.1 Å². The Morgan fingerprint density at radius 3 is 1.33 bits per heavy atom. The molecule has 0 spiro atoms. The molecule has 0 saturated heterocycles. The van der Waals surface area contributed by atoms with Crippen molar-refractivity contribution in [2.45, 2.75) is 64.2 Å². The standard InChI is InChI=1S/C19H35N.C5H5.BrH.Fe/c1-20(2,3)18-14-10-8-6-4-5-7-9-11-15-19-16-12-13-17-19;1-2-4-5-3-1;;/h12-13,16-17H,4-11,14-15,18H2,1-3H3;1-5H;1H;/q+1;;;+2/p-1. The largest absolute Gasteiger partial charge is 2.00 e. The number of rotatable bonds is 12. The number of halogens is 1. The molecular weight excluding hydrogens is 438 g/mol. The van der Waals surface area contributed by atoms with Gasteiger partial charge in [0.15, 0.2) is 0 Å². The van der Waals surface area contributed by atoms with E-state index < -0.39 is 0 Å². The third-order valence-electron chi connectivity index (χ3n) is 4.58. The topological polar surface area (TPSA) is 0 Å². The molecule has 27 heavy (non-hydrogen) atoms. The maximum atomic E-state index is 2.29. The van der Waals surface area contributed by atoms with Crippen LogP contribution >= 0.6 is 0 Å². The van der Waals surface area contributed by atoms with Gasteiger partial charge in [-0.3, -0.25) is 0 Å². The Morgan fingerprint density at radius 2 is 0.926 bits per heavy atom. The van der Waals surface area contributed by atoms with Crippen LogP contribution in [0.1, 0.15) is 64.2 Å². The van der Waals surface area contributed by atoms with Crippen LogP contribution in [0.5, 0.6) is 0 Å². The Hall–Kier alpha value is 0.959. The second kappa shape index (κ2) is 20.2. The summed E-state index contributed by atoms with van der Waals surface area (Å²) in [6.45, 7) is 1.32. The summed E-state index contributed by atoms with van der Waals surface area (Å²) in [5.41, 5.74) is 0. The van der Waals surface area contributed by atoms with Gasteiger partial charge in [-0.05, 0) is 83.0 Å². The van der Waals surface area contributed by atoms with E-state index in [2.05, 4.69) is 46.8 Å². The first-order valence-corrected chi connectivity index (χ1v) is 10.3.